The van der Waals surface area contributed by atoms with Crippen molar-refractivity contribution in [3.8, 4) is 0 Å². The molecular weight excluding hydrogens is 226 g/mol. The van der Waals surface area contributed by atoms with Crippen molar-refractivity contribution in [2.75, 3.05) is 32.7 Å². The minimum atomic E-state index is 0.0936. The van der Waals surface area contributed by atoms with E-state index in [2.05, 4.69) is 15.5 Å². The number of hydrogen-bond acceptors (Lipinski definition) is 3. The highest BCUT2D eigenvalue weighted by Gasteiger charge is 2.42. The SMILES string of the molecule is O=C(NCCN1CCCC1)C1NCC2CCCC21. The third kappa shape index (κ3) is 2.54. The van der Waals surface area contributed by atoms with E-state index in [0.29, 0.717) is 5.92 Å². The van der Waals surface area contributed by atoms with Crippen LogP contribution in [-0.2, 0) is 4.79 Å². The van der Waals surface area contributed by atoms with Crippen molar-refractivity contribution in [3.63, 3.8) is 0 Å². The number of amides is 1. The maximum Gasteiger partial charge on any atom is 0.237 e. The quantitative estimate of drug-likeness (QED) is 0.768. The van der Waals surface area contributed by atoms with E-state index < -0.39 is 0 Å². The van der Waals surface area contributed by atoms with Gasteiger partial charge in [0.25, 0.3) is 0 Å². The van der Waals surface area contributed by atoms with Crippen LogP contribution >= 0.6 is 0 Å². The minimum Gasteiger partial charge on any atom is -0.353 e. The van der Waals surface area contributed by atoms with E-state index in [1.54, 1.807) is 0 Å². The van der Waals surface area contributed by atoms with Gasteiger partial charge >= 0.3 is 0 Å². The molecule has 0 aromatic carbocycles. The predicted octanol–water partition coefficient (Wildman–Crippen LogP) is 0.587. The van der Waals surface area contributed by atoms with Gasteiger partial charge in [-0.15, -0.1) is 0 Å². The van der Waals surface area contributed by atoms with Gasteiger partial charge in [-0.05, 0) is 57.2 Å². The summed E-state index contributed by atoms with van der Waals surface area (Å²) < 4.78 is 0. The zero-order valence-corrected chi connectivity index (χ0v) is 11.2. The first-order chi connectivity index (χ1) is 8.84. The lowest BCUT2D eigenvalue weighted by Gasteiger charge is -2.19. The van der Waals surface area contributed by atoms with E-state index >= 15 is 0 Å². The van der Waals surface area contributed by atoms with Gasteiger partial charge in [-0.1, -0.05) is 6.42 Å². The molecule has 102 valence electrons. The number of hydrogen-bond donors (Lipinski definition) is 2. The van der Waals surface area contributed by atoms with Crippen LogP contribution in [0.2, 0.25) is 0 Å². The Morgan fingerprint density at radius 3 is 2.89 bits per heavy atom. The number of carbonyl (C=O) groups excluding carboxylic acids is 1. The lowest BCUT2D eigenvalue weighted by Crippen LogP contribution is -2.45. The van der Waals surface area contributed by atoms with Crippen LogP contribution in [0.1, 0.15) is 32.1 Å². The molecule has 0 aromatic heterocycles. The van der Waals surface area contributed by atoms with Crippen LogP contribution in [0.4, 0.5) is 0 Å². The monoisotopic (exact) mass is 251 g/mol. The van der Waals surface area contributed by atoms with Crippen LogP contribution in [0, 0.1) is 11.8 Å². The third-order valence-corrected chi connectivity index (χ3v) is 4.95. The molecule has 3 aliphatic rings. The lowest BCUT2D eigenvalue weighted by atomic mass is 9.94. The second-order valence-electron chi connectivity index (χ2n) is 6.08. The highest BCUT2D eigenvalue weighted by atomic mass is 16.2. The van der Waals surface area contributed by atoms with Gasteiger partial charge in [-0.25, -0.2) is 0 Å². The number of fused-ring (bicyclic) bond motifs is 1. The number of likely N-dealkylation sites (tertiary alicyclic amines) is 1. The van der Waals surface area contributed by atoms with Crippen molar-refractivity contribution in [2.24, 2.45) is 11.8 Å². The van der Waals surface area contributed by atoms with E-state index in [1.807, 2.05) is 0 Å². The van der Waals surface area contributed by atoms with Gasteiger partial charge < -0.3 is 15.5 Å². The summed E-state index contributed by atoms with van der Waals surface area (Å²) in [4.78, 5) is 14.6. The Balaban J connectivity index is 1.41. The summed E-state index contributed by atoms with van der Waals surface area (Å²) in [6.07, 6.45) is 6.51. The van der Waals surface area contributed by atoms with Crippen molar-refractivity contribution >= 4 is 5.91 Å². The molecule has 4 heteroatoms. The normalized spacial score (nSPS) is 35.9. The number of nitrogens with one attached hydrogen (secondary N) is 2. The maximum absolute atomic E-state index is 12.2. The van der Waals surface area contributed by atoms with E-state index in [1.165, 1.54) is 45.2 Å². The summed E-state index contributed by atoms with van der Waals surface area (Å²) in [6, 6.07) is 0.0936. The fourth-order valence-corrected chi connectivity index (χ4v) is 3.93. The van der Waals surface area contributed by atoms with Gasteiger partial charge in [-0.2, -0.15) is 0 Å². The Labute approximate surface area is 109 Å². The van der Waals surface area contributed by atoms with Crippen LogP contribution in [-0.4, -0.2) is 49.6 Å². The summed E-state index contributed by atoms with van der Waals surface area (Å²) in [6.45, 7) is 5.31. The third-order valence-electron chi connectivity index (χ3n) is 4.95. The van der Waals surface area contributed by atoms with Crippen LogP contribution in [0.5, 0.6) is 0 Å². The summed E-state index contributed by atoms with van der Waals surface area (Å²) in [5, 5.41) is 6.53. The fourth-order valence-electron chi connectivity index (χ4n) is 3.93. The van der Waals surface area contributed by atoms with Gasteiger partial charge in [-0.3, -0.25) is 4.79 Å². The molecule has 1 amide bonds. The second-order valence-corrected chi connectivity index (χ2v) is 6.08. The standard InChI is InChI=1S/C14H25N3O/c18-14(15-6-9-17-7-1-2-8-17)13-12-5-3-4-11(12)10-16-13/h11-13,16H,1-10H2,(H,15,18). The van der Waals surface area contributed by atoms with E-state index in [0.717, 1.165) is 25.6 Å². The van der Waals surface area contributed by atoms with Crippen LogP contribution in [0.15, 0.2) is 0 Å². The summed E-state index contributed by atoms with van der Waals surface area (Å²) in [5.74, 6) is 1.61. The average Bonchev–Trinajstić information content (AvgIpc) is 3.05. The zero-order chi connectivity index (χ0) is 12.4. The van der Waals surface area contributed by atoms with Gasteiger partial charge in [0, 0.05) is 13.1 Å². The molecule has 2 saturated heterocycles. The molecule has 2 N–H and O–H groups in total. The maximum atomic E-state index is 12.2. The Bertz CT molecular complexity index is 301. The second kappa shape index (κ2) is 5.57. The smallest absolute Gasteiger partial charge is 0.237 e. The first-order valence-electron chi connectivity index (χ1n) is 7.58. The molecule has 0 spiro atoms. The number of rotatable bonds is 4. The summed E-state index contributed by atoms with van der Waals surface area (Å²) in [7, 11) is 0. The Kier molecular flexibility index (Phi) is 3.85. The molecule has 0 radical (unpaired) electrons. The molecule has 2 aliphatic heterocycles. The fraction of sp³-hybridized carbons (Fsp3) is 0.929. The topological polar surface area (TPSA) is 44.4 Å². The van der Waals surface area contributed by atoms with Crippen LogP contribution in [0.3, 0.4) is 0 Å². The van der Waals surface area contributed by atoms with Gasteiger partial charge in [0.15, 0.2) is 0 Å². The summed E-state index contributed by atoms with van der Waals surface area (Å²) in [5.41, 5.74) is 0. The van der Waals surface area contributed by atoms with Crippen molar-refractivity contribution in [1.82, 2.24) is 15.5 Å². The number of carbonyl (C=O) groups is 1. The molecule has 3 unspecified atom stereocenters. The summed E-state index contributed by atoms with van der Waals surface area (Å²) >= 11 is 0. The molecule has 3 rings (SSSR count). The molecule has 0 bridgehead atoms. The van der Waals surface area contributed by atoms with Gasteiger partial charge in [0.2, 0.25) is 5.91 Å². The van der Waals surface area contributed by atoms with E-state index in [4.69, 9.17) is 0 Å². The molecular formula is C14H25N3O. The molecule has 1 aliphatic carbocycles. The van der Waals surface area contributed by atoms with Gasteiger partial charge in [0.1, 0.15) is 0 Å². The average molecular weight is 251 g/mol. The molecule has 2 heterocycles. The zero-order valence-electron chi connectivity index (χ0n) is 11.2. The molecule has 4 nitrogen and oxygen atoms in total. The Morgan fingerprint density at radius 2 is 2.06 bits per heavy atom. The van der Waals surface area contributed by atoms with Crippen molar-refractivity contribution in [1.29, 1.82) is 0 Å². The number of nitrogens with zero attached hydrogens (tertiary/aromatic N) is 1. The largest absolute Gasteiger partial charge is 0.353 e. The lowest BCUT2D eigenvalue weighted by molar-refractivity contribution is -0.123. The molecule has 3 atom stereocenters. The van der Waals surface area contributed by atoms with Gasteiger partial charge in [0.05, 0.1) is 6.04 Å². The van der Waals surface area contributed by atoms with Crippen molar-refractivity contribution in [2.45, 2.75) is 38.1 Å². The first kappa shape index (κ1) is 12.4. The molecule has 3 fully saturated rings. The molecule has 0 aromatic rings. The Morgan fingerprint density at radius 1 is 1.22 bits per heavy atom. The van der Waals surface area contributed by atoms with Crippen LogP contribution in [0.25, 0.3) is 0 Å². The molecule has 1 saturated carbocycles. The van der Waals surface area contributed by atoms with E-state index in [-0.39, 0.29) is 11.9 Å². The predicted molar refractivity (Wildman–Crippen MR) is 71.3 cm³/mol. The first-order valence-corrected chi connectivity index (χ1v) is 7.58. The van der Waals surface area contributed by atoms with Crippen molar-refractivity contribution in [3.05, 3.63) is 0 Å². The van der Waals surface area contributed by atoms with E-state index in [9.17, 15) is 4.79 Å². The Hall–Kier alpha value is -0.610. The molecule has 18 heavy (non-hydrogen) atoms. The van der Waals surface area contributed by atoms with Crippen molar-refractivity contribution < 1.29 is 4.79 Å². The van der Waals surface area contributed by atoms with Crippen LogP contribution < -0.4 is 10.6 Å². The minimum absolute atomic E-state index is 0.0936. The highest BCUT2D eigenvalue weighted by molar-refractivity contribution is 5.82. The highest BCUT2D eigenvalue weighted by Crippen LogP contribution is 2.37.